The van der Waals surface area contributed by atoms with E-state index in [2.05, 4.69) is 5.32 Å². The summed E-state index contributed by atoms with van der Waals surface area (Å²) in [5, 5.41) is 5.09. The molecule has 0 radical (unpaired) electrons. The molecule has 178 valence electrons. The molecule has 1 N–H and O–H groups in total. The van der Waals surface area contributed by atoms with Gasteiger partial charge in [-0.1, -0.05) is 48.5 Å². The van der Waals surface area contributed by atoms with Crippen molar-refractivity contribution in [3.8, 4) is 11.5 Å². The summed E-state index contributed by atoms with van der Waals surface area (Å²) in [4.78, 5) is 13.2. The number of methoxy groups -OCH3 is 1. The molecule has 1 heterocycles. The minimum Gasteiger partial charge on any atom is -0.497 e. The number of rotatable bonds is 6. The maximum Gasteiger partial charge on any atom is 0.264 e. The van der Waals surface area contributed by atoms with Crippen LogP contribution >= 0.6 is 0 Å². The number of anilines is 1. The topological polar surface area (TPSA) is 84.9 Å². The van der Waals surface area contributed by atoms with Gasteiger partial charge in [0.2, 0.25) is 0 Å². The highest BCUT2D eigenvalue weighted by atomic mass is 32.2. The molecule has 8 heteroatoms. The smallest absolute Gasteiger partial charge is 0.264 e. The molecule has 0 aliphatic carbocycles. The molecule has 7 nitrogen and oxygen atoms in total. The Morgan fingerprint density at radius 1 is 0.971 bits per heavy atom. The van der Waals surface area contributed by atoms with Crippen LogP contribution in [0.1, 0.15) is 5.56 Å². The zero-order valence-corrected chi connectivity index (χ0v) is 19.9. The molecular formula is C27H24N2O5S. The molecule has 4 aromatic carbocycles. The van der Waals surface area contributed by atoms with Crippen molar-refractivity contribution in [2.75, 3.05) is 18.0 Å². The maximum absolute atomic E-state index is 13.5. The second-order valence-corrected chi connectivity index (χ2v) is 10.0. The summed E-state index contributed by atoms with van der Waals surface area (Å²) in [7, 11) is -2.42. The second kappa shape index (κ2) is 9.31. The predicted molar refractivity (Wildman–Crippen MR) is 134 cm³/mol. The zero-order valence-electron chi connectivity index (χ0n) is 19.0. The van der Waals surface area contributed by atoms with Crippen LogP contribution in [-0.4, -0.2) is 34.1 Å². The van der Waals surface area contributed by atoms with Gasteiger partial charge >= 0.3 is 0 Å². The Kier molecular flexibility index (Phi) is 6.05. The van der Waals surface area contributed by atoms with Crippen molar-refractivity contribution in [3.05, 3.63) is 96.6 Å². The molecule has 1 atom stereocenters. The standard InChI is InChI=1S/C27H24N2O5S/c1-33-22-12-14-23(15-13-22)35(31,32)29-18-26(34-25-9-5-4-8-24(25)29)27(30)28-17-19-10-11-20-6-2-3-7-21(20)16-19/h2-16,26H,17-18H2,1H3,(H,28,30)/t26-/m1/s1. The molecule has 35 heavy (non-hydrogen) atoms. The molecular weight excluding hydrogens is 464 g/mol. The molecule has 0 unspecified atom stereocenters. The van der Waals surface area contributed by atoms with E-state index in [4.69, 9.17) is 9.47 Å². The Hall–Kier alpha value is -4.04. The summed E-state index contributed by atoms with van der Waals surface area (Å²) in [5.41, 5.74) is 1.33. The predicted octanol–water partition coefficient (Wildman–Crippen LogP) is 4.12. The Balaban J connectivity index is 1.37. The van der Waals surface area contributed by atoms with Crippen LogP contribution in [0.4, 0.5) is 5.69 Å². The van der Waals surface area contributed by atoms with E-state index in [0.29, 0.717) is 23.7 Å². The van der Waals surface area contributed by atoms with Gasteiger partial charge in [0.15, 0.2) is 6.10 Å². The summed E-state index contributed by atoms with van der Waals surface area (Å²) in [5.74, 6) is 0.501. The number of ether oxygens (including phenoxy) is 2. The number of hydrogen-bond donors (Lipinski definition) is 1. The van der Waals surface area contributed by atoms with Crippen molar-refractivity contribution in [2.45, 2.75) is 17.5 Å². The zero-order chi connectivity index (χ0) is 24.4. The molecule has 4 aromatic rings. The minimum absolute atomic E-state index is 0.102. The number of nitrogens with one attached hydrogen (secondary N) is 1. The molecule has 0 spiro atoms. The Morgan fingerprint density at radius 2 is 1.69 bits per heavy atom. The van der Waals surface area contributed by atoms with Gasteiger partial charge < -0.3 is 14.8 Å². The number of benzene rings is 4. The van der Waals surface area contributed by atoms with E-state index in [-0.39, 0.29) is 17.3 Å². The minimum atomic E-state index is -3.94. The molecule has 1 aliphatic heterocycles. The Morgan fingerprint density at radius 3 is 2.46 bits per heavy atom. The molecule has 1 aliphatic rings. The van der Waals surface area contributed by atoms with Gasteiger partial charge in [0.1, 0.15) is 11.5 Å². The molecule has 0 fully saturated rings. The first-order valence-electron chi connectivity index (χ1n) is 11.1. The number of hydrogen-bond acceptors (Lipinski definition) is 5. The molecule has 0 bridgehead atoms. The third-order valence-electron chi connectivity index (χ3n) is 5.96. The summed E-state index contributed by atoms with van der Waals surface area (Å²) < 4.78 is 39.3. The van der Waals surface area contributed by atoms with E-state index in [1.54, 1.807) is 36.4 Å². The summed E-state index contributed by atoms with van der Waals surface area (Å²) in [6.07, 6.45) is -1.00. The molecule has 0 saturated carbocycles. The van der Waals surface area contributed by atoms with Crippen LogP contribution in [0.5, 0.6) is 11.5 Å². The normalized spacial score (nSPS) is 15.2. The van der Waals surface area contributed by atoms with Crippen molar-refractivity contribution in [3.63, 3.8) is 0 Å². The van der Waals surface area contributed by atoms with E-state index < -0.39 is 16.1 Å². The van der Waals surface area contributed by atoms with E-state index >= 15 is 0 Å². The number of para-hydroxylation sites is 2. The largest absolute Gasteiger partial charge is 0.497 e. The van der Waals surface area contributed by atoms with Gasteiger partial charge in [-0.2, -0.15) is 0 Å². The van der Waals surface area contributed by atoms with Crippen molar-refractivity contribution < 1.29 is 22.7 Å². The van der Waals surface area contributed by atoms with Gasteiger partial charge in [-0.15, -0.1) is 0 Å². The monoisotopic (exact) mass is 488 g/mol. The van der Waals surface area contributed by atoms with Crippen LogP contribution in [0.25, 0.3) is 10.8 Å². The van der Waals surface area contributed by atoms with Gasteiger partial charge in [0, 0.05) is 6.54 Å². The molecule has 0 aromatic heterocycles. The first-order valence-corrected chi connectivity index (χ1v) is 12.6. The Labute approximate surface area is 204 Å². The van der Waals surface area contributed by atoms with E-state index in [1.165, 1.54) is 23.5 Å². The molecule has 1 amide bonds. The fourth-order valence-corrected chi connectivity index (χ4v) is 5.57. The summed E-state index contributed by atoms with van der Waals surface area (Å²) in [6.45, 7) is 0.158. The summed E-state index contributed by atoms with van der Waals surface area (Å²) in [6, 6.07) is 26.9. The van der Waals surface area contributed by atoms with Crippen molar-refractivity contribution in [1.82, 2.24) is 5.32 Å². The van der Waals surface area contributed by atoms with Crippen molar-refractivity contribution >= 4 is 32.4 Å². The van der Waals surface area contributed by atoms with Gasteiger partial charge in [-0.3, -0.25) is 9.10 Å². The van der Waals surface area contributed by atoms with Gasteiger partial charge in [0.05, 0.1) is 24.2 Å². The van der Waals surface area contributed by atoms with Crippen LogP contribution in [0.15, 0.2) is 95.9 Å². The lowest BCUT2D eigenvalue weighted by Gasteiger charge is -2.34. The SMILES string of the molecule is COc1ccc(S(=O)(=O)N2C[C@H](C(=O)NCc3ccc4ccccc4c3)Oc3ccccc32)cc1. The first-order chi connectivity index (χ1) is 17.0. The molecule has 5 rings (SSSR count). The van der Waals surface area contributed by atoms with Gasteiger partial charge in [-0.25, -0.2) is 8.42 Å². The number of nitrogens with zero attached hydrogens (tertiary/aromatic N) is 1. The third-order valence-corrected chi connectivity index (χ3v) is 7.75. The second-order valence-electron chi connectivity index (χ2n) is 8.19. The van der Waals surface area contributed by atoms with Crippen LogP contribution in [0.3, 0.4) is 0 Å². The average Bonchev–Trinajstić information content (AvgIpc) is 2.91. The van der Waals surface area contributed by atoms with Crippen molar-refractivity contribution in [2.24, 2.45) is 0 Å². The lowest BCUT2D eigenvalue weighted by molar-refractivity contribution is -0.127. The molecule has 0 saturated heterocycles. The van der Waals surface area contributed by atoms with E-state index in [1.807, 2.05) is 42.5 Å². The quantitative estimate of drug-likeness (QED) is 0.441. The van der Waals surface area contributed by atoms with Crippen LogP contribution in [-0.2, 0) is 21.4 Å². The fraction of sp³-hybridized carbons (Fsp3) is 0.148. The van der Waals surface area contributed by atoms with Crippen LogP contribution in [0.2, 0.25) is 0 Å². The average molecular weight is 489 g/mol. The lowest BCUT2D eigenvalue weighted by Crippen LogP contribution is -2.50. The fourth-order valence-electron chi connectivity index (χ4n) is 4.09. The van der Waals surface area contributed by atoms with E-state index in [9.17, 15) is 13.2 Å². The lowest BCUT2D eigenvalue weighted by atomic mass is 10.1. The highest BCUT2D eigenvalue weighted by Gasteiger charge is 2.37. The first kappa shape index (κ1) is 22.7. The summed E-state index contributed by atoms with van der Waals surface area (Å²) >= 11 is 0. The third kappa shape index (κ3) is 4.52. The highest BCUT2D eigenvalue weighted by Crippen LogP contribution is 2.37. The van der Waals surface area contributed by atoms with Gasteiger partial charge in [0.25, 0.3) is 15.9 Å². The number of sulfonamides is 1. The van der Waals surface area contributed by atoms with Gasteiger partial charge in [-0.05, 0) is 58.8 Å². The van der Waals surface area contributed by atoms with E-state index in [0.717, 1.165) is 16.3 Å². The number of carbonyl (C=O) groups excluding carboxylic acids is 1. The maximum atomic E-state index is 13.5. The van der Waals surface area contributed by atoms with Crippen molar-refractivity contribution in [1.29, 1.82) is 0 Å². The Bertz CT molecular complexity index is 1490. The number of fused-ring (bicyclic) bond motifs is 2. The van der Waals surface area contributed by atoms with Crippen LogP contribution < -0.4 is 19.1 Å². The van der Waals surface area contributed by atoms with Crippen LogP contribution in [0, 0.1) is 0 Å². The number of amides is 1. The highest BCUT2D eigenvalue weighted by molar-refractivity contribution is 7.92. The number of carbonyl (C=O) groups is 1.